The Kier molecular flexibility index (Phi) is 8.16. The third kappa shape index (κ3) is 7.23. The molecule has 220 valence electrons. The monoisotopic (exact) mass is 589 g/mol. The molecule has 1 aliphatic rings. The van der Waals surface area contributed by atoms with Crippen LogP contribution in [0.1, 0.15) is 43.1 Å². The Morgan fingerprint density at radius 2 is 1.63 bits per heavy atom. The van der Waals surface area contributed by atoms with Crippen molar-refractivity contribution in [3.05, 3.63) is 83.7 Å². The second kappa shape index (κ2) is 11.1. The number of nitrogens with one attached hydrogen (secondary N) is 1. The fourth-order valence-electron chi connectivity index (χ4n) is 4.62. The molecule has 14 heteroatoms. The minimum absolute atomic E-state index is 0.0786. The molecule has 1 N–H and O–H groups in total. The number of amides is 1. The molecule has 1 aromatic heterocycles. The van der Waals surface area contributed by atoms with E-state index in [2.05, 4.69) is 19.8 Å². The van der Waals surface area contributed by atoms with Crippen molar-refractivity contribution in [3.63, 3.8) is 0 Å². The Hall–Kier alpha value is -3.94. The van der Waals surface area contributed by atoms with Crippen molar-refractivity contribution in [2.45, 2.75) is 57.0 Å². The summed E-state index contributed by atoms with van der Waals surface area (Å²) < 4.78 is 111. The van der Waals surface area contributed by atoms with Crippen LogP contribution in [0.2, 0.25) is 0 Å². The lowest BCUT2D eigenvalue weighted by Gasteiger charge is -2.30. The molecule has 41 heavy (non-hydrogen) atoms. The molecule has 2 atom stereocenters. The van der Waals surface area contributed by atoms with E-state index in [0.29, 0.717) is 11.1 Å². The van der Waals surface area contributed by atoms with Crippen LogP contribution < -0.4 is 19.7 Å². The predicted molar refractivity (Wildman–Crippen MR) is 130 cm³/mol. The summed E-state index contributed by atoms with van der Waals surface area (Å²) in [6.45, 7) is 0.186. The van der Waals surface area contributed by atoms with Gasteiger partial charge in [-0.2, -0.15) is 22.0 Å². The zero-order valence-electron chi connectivity index (χ0n) is 21.4. The molecule has 0 spiro atoms. The van der Waals surface area contributed by atoms with E-state index in [-0.39, 0.29) is 17.9 Å². The van der Waals surface area contributed by atoms with Gasteiger partial charge < -0.3 is 14.4 Å². The number of benzene rings is 2. The maximum Gasteiger partial charge on any atom is 0.573 e. The molecule has 3 aromatic rings. The van der Waals surface area contributed by atoms with Gasteiger partial charge in [0.05, 0.1) is 12.1 Å². The van der Waals surface area contributed by atoms with E-state index in [0.717, 1.165) is 24.4 Å². The number of rotatable bonds is 8. The van der Waals surface area contributed by atoms with E-state index >= 15 is 0 Å². The molecule has 1 fully saturated rings. The largest absolute Gasteiger partial charge is 0.573 e. The SMILES string of the molecule is CC(C)(N[C@H]1C[C@@H](c2cccc(OC(F)F)c2)N(c2ccc(OC(F)(F)F)cc2)C1=O)c1ccc(C(F)(F)F)nc1. The van der Waals surface area contributed by atoms with Gasteiger partial charge in [0.25, 0.3) is 0 Å². The number of pyridine rings is 1. The van der Waals surface area contributed by atoms with Crippen LogP contribution >= 0.6 is 0 Å². The molecule has 4 rings (SSSR count). The van der Waals surface area contributed by atoms with Gasteiger partial charge in [-0.1, -0.05) is 18.2 Å². The average molecular weight is 589 g/mol. The highest BCUT2D eigenvalue weighted by molar-refractivity contribution is 6.00. The molecule has 0 bridgehead atoms. The Balaban J connectivity index is 1.66. The number of alkyl halides is 8. The third-order valence-corrected chi connectivity index (χ3v) is 6.43. The van der Waals surface area contributed by atoms with Crippen LogP contribution in [0.25, 0.3) is 0 Å². The molecule has 2 heterocycles. The highest BCUT2D eigenvalue weighted by Gasteiger charge is 2.44. The summed E-state index contributed by atoms with van der Waals surface area (Å²) >= 11 is 0. The van der Waals surface area contributed by atoms with E-state index in [4.69, 9.17) is 0 Å². The Morgan fingerprint density at radius 1 is 0.951 bits per heavy atom. The zero-order valence-corrected chi connectivity index (χ0v) is 21.4. The minimum atomic E-state index is -4.92. The van der Waals surface area contributed by atoms with Crippen LogP contribution in [0, 0.1) is 0 Å². The van der Waals surface area contributed by atoms with E-state index in [1.165, 1.54) is 41.3 Å². The summed E-state index contributed by atoms with van der Waals surface area (Å²) in [6.07, 6.45) is -8.43. The standard InChI is InChI=1S/C27H23F8N3O3/c1-25(2,16-6-11-22(36-14-16)26(30,31)32)37-20-13-21(15-4-3-5-19(12-15)40-24(28)29)38(23(20)39)17-7-9-18(10-8-17)41-27(33,34)35/h3-12,14,20-21,24,37H,13H2,1-2H3/t20-,21-/m0/s1. The molecule has 0 saturated carbocycles. The number of anilines is 1. The second-order valence-electron chi connectivity index (χ2n) is 9.70. The number of hydrogen-bond acceptors (Lipinski definition) is 5. The maximum absolute atomic E-state index is 13.7. The topological polar surface area (TPSA) is 63.7 Å². The quantitative estimate of drug-likeness (QED) is 0.288. The van der Waals surface area contributed by atoms with Crippen LogP contribution in [-0.4, -0.2) is 29.9 Å². The lowest BCUT2D eigenvalue weighted by molar-refractivity contribution is -0.274. The van der Waals surface area contributed by atoms with Crippen molar-refractivity contribution in [2.24, 2.45) is 0 Å². The number of carbonyl (C=O) groups excluding carboxylic acids is 1. The van der Waals surface area contributed by atoms with Crippen LogP contribution in [0.15, 0.2) is 66.9 Å². The summed E-state index contributed by atoms with van der Waals surface area (Å²) in [5, 5.41) is 3.13. The predicted octanol–water partition coefficient (Wildman–Crippen LogP) is 6.97. The summed E-state index contributed by atoms with van der Waals surface area (Å²) in [5.74, 6) is -1.18. The number of carbonyl (C=O) groups is 1. The maximum atomic E-state index is 13.7. The Labute approximate surface area is 228 Å². The van der Waals surface area contributed by atoms with Crippen molar-refractivity contribution in [2.75, 3.05) is 4.90 Å². The summed E-state index contributed by atoms with van der Waals surface area (Å²) in [5.41, 5.74) is -1.17. The summed E-state index contributed by atoms with van der Waals surface area (Å²) in [4.78, 5) is 18.5. The van der Waals surface area contributed by atoms with Gasteiger partial charge in [0.2, 0.25) is 5.91 Å². The summed E-state index contributed by atoms with van der Waals surface area (Å²) in [6, 6.07) is 10.6. The minimum Gasteiger partial charge on any atom is -0.435 e. The Bertz CT molecular complexity index is 1360. The van der Waals surface area contributed by atoms with E-state index in [1.807, 2.05) is 0 Å². The number of nitrogens with zero attached hydrogens (tertiary/aromatic N) is 2. The van der Waals surface area contributed by atoms with Gasteiger partial charge in [0.1, 0.15) is 17.2 Å². The molecule has 0 radical (unpaired) electrons. The Morgan fingerprint density at radius 3 is 2.20 bits per heavy atom. The van der Waals surface area contributed by atoms with Gasteiger partial charge in [-0.3, -0.25) is 15.1 Å². The van der Waals surface area contributed by atoms with Crippen molar-refractivity contribution < 1.29 is 49.4 Å². The second-order valence-corrected chi connectivity index (χ2v) is 9.70. The average Bonchev–Trinajstić information content (AvgIpc) is 3.18. The van der Waals surface area contributed by atoms with Crippen LogP contribution in [0.5, 0.6) is 11.5 Å². The van der Waals surface area contributed by atoms with Crippen LogP contribution in [-0.2, 0) is 16.5 Å². The van der Waals surface area contributed by atoms with Crippen LogP contribution in [0.4, 0.5) is 40.8 Å². The van der Waals surface area contributed by atoms with Gasteiger partial charge >= 0.3 is 19.2 Å². The zero-order chi connectivity index (χ0) is 30.2. The molecule has 1 aliphatic heterocycles. The number of ether oxygens (including phenoxy) is 2. The van der Waals surface area contributed by atoms with Crippen molar-refractivity contribution >= 4 is 11.6 Å². The number of aromatic nitrogens is 1. The van der Waals surface area contributed by atoms with E-state index < -0.39 is 54.1 Å². The van der Waals surface area contributed by atoms with Gasteiger partial charge in [-0.15, -0.1) is 13.2 Å². The lowest BCUT2D eigenvalue weighted by Crippen LogP contribution is -2.47. The fourth-order valence-corrected chi connectivity index (χ4v) is 4.62. The van der Waals surface area contributed by atoms with Gasteiger partial charge in [0.15, 0.2) is 0 Å². The van der Waals surface area contributed by atoms with E-state index in [1.54, 1.807) is 19.9 Å². The van der Waals surface area contributed by atoms with Gasteiger partial charge in [-0.25, -0.2) is 0 Å². The first kappa shape index (κ1) is 30.0. The first-order chi connectivity index (χ1) is 19.0. The molecule has 1 saturated heterocycles. The molecule has 2 aromatic carbocycles. The summed E-state index contributed by atoms with van der Waals surface area (Å²) in [7, 11) is 0. The number of halogens is 8. The van der Waals surface area contributed by atoms with Gasteiger partial charge in [-0.05, 0) is 73.9 Å². The van der Waals surface area contributed by atoms with Gasteiger partial charge in [0, 0.05) is 17.4 Å². The highest BCUT2D eigenvalue weighted by Crippen LogP contribution is 2.40. The highest BCUT2D eigenvalue weighted by atomic mass is 19.4. The molecule has 0 aliphatic carbocycles. The first-order valence-electron chi connectivity index (χ1n) is 12.1. The smallest absolute Gasteiger partial charge is 0.435 e. The first-order valence-corrected chi connectivity index (χ1v) is 12.1. The lowest BCUT2D eigenvalue weighted by atomic mass is 9.93. The third-order valence-electron chi connectivity index (χ3n) is 6.43. The molecular formula is C27H23F8N3O3. The molecule has 6 nitrogen and oxygen atoms in total. The molecule has 1 amide bonds. The molecule has 0 unspecified atom stereocenters. The number of hydrogen-bond donors (Lipinski definition) is 1. The van der Waals surface area contributed by atoms with E-state index in [9.17, 15) is 39.9 Å². The molecular weight excluding hydrogens is 566 g/mol. The normalized spacial score (nSPS) is 18.2. The van der Waals surface area contributed by atoms with Crippen molar-refractivity contribution in [3.8, 4) is 11.5 Å². The van der Waals surface area contributed by atoms with Crippen molar-refractivity contribution in [1.29, 1.82) is 0 Å². The van der Waals surface area contributed by atoms with Crippen molar-refractivity contribution in [1.82, 2.24) is 10.3 Å². The van der Waals surface area contributed by atoms with Crippen LogP contribution in [0.3, 0.4) is 0 Å². The fraction of sp³-hybridized carbons (Fsp3) is 0.333.